The molecule has 2 aromatic heterocycles. The van der Waals surface area contributed by atoms with Crippen LogP contribution in [0.5, 0.6) is 0 Å². The predicted molar refractivity (Wildman–Crippen MR) is 64.8 cm³/mol. The zero-order chi connectivity index (χ0) is 11.8. The second-order valence-electron chi connectivity index (χ2n) is 4.67. The molecule has 0 bridgehead atoms. The molecule has 0 aromatic carbocycles. The summed E-state index contributed by atoms with van der Waals surface area (Å²) in [5.74, 6) is 1.45. The average Bonchev–Trinajstić information content (AvgIpc) is 2.97. The van der Waals surface area contributed by atoms with Gasteiger partial charge in [0.1, 0.15) is 6.33 Å². The minimum Gasteiger partial charge on any atom is -0.353 e. The first-order chi connectivity index (χ1) is 8.25. The zero-order valence-corrected chi connectivity index (χ0v) is 9.82. The number of fused-ring (bicyclic) bond motifs is 1. The Balaban J connectivity index is 1.92. The molecule has 1 aliphatic heterocycles. The maximum Gasteiger partial charge on any atom is 0.203 e. The zero-order valence-electron chi connectivity index (χ0n) is 9.82. The highest BCUT2D eigenvalue weighted by molar-refractivity contribution is 5.63. The highest BCUT2D eigenvalue weighted by atomic mass is 15.3. The normalized spacial score (nSPS) is 22.2. The summed E-state index contributed by atoms with van der Waals surface area (Å²) >= 11 is 0. The first-order valence-electron chi connectivity index (χ1n) is 5.90. The molecule has 1 aliphatic rings. The van der Waals surface area contributed by atoms with E-state index in [1.165, 1.54) is 0 Å². The molecular weight excluding hydrogens is 216 g/mol. The molecule has 2 aromatic rings. The van der Waals surface area contributed by atoms with E-state index in [2.05, 4.69) is 27.0 Å². The van der Waals surface area contributed by atoms with E-state index < -0.39 is 0 Å². The Morgan fingerprint density at radius 1 is 1.53 bits per heavy atom. The van der Waals surface area contributed by atoms with Crippen LogP contribution in [0, 0.1) is 5.92 Å². The molecule has 2 N–H and O–H groups in total. The van der Waals surface area contributed by atoms with E-state index in [1.807, 2.05) is 10.6 Å². The highest BCUT2D eigenvalue weighted by Crippen LogP contribution is 2.25. The maximum absolute atomic E-state index is 5.95. The Labute approximate surface area is 99.5 Å². The van der Waals surface area contributed by atoms with Crippen molar-refractivity contribution in [2.75, 3.05) is 18.0 Å². The van der Waals surface area contributed by atoms with E-state index in [0.717, 1.165) is 31.0 Å². The minimum absolute atomic E-state index is 0.234. The smallest absolute Gasteiger partial charge is 0.203 e. The van der Waals surface area contributed by atoms with Gasteiger partial charge in [0, 0.05) is 31.5 Å². The summed E-state index contributed by atoms with van der Waals surface area (Å²) in [4.78, 5) is 6.66. The van der Waals surface area contributed by atoms with Crippen molar-refractivity contribution in [3.63, 3.8) is 0 Å². The summed E-state index contributed by atoms with van der Waals surface area (Å²) < 4.78 is 1.89. The summed E-state index contributed by atoms with van der Waals surface area (Å²) in [7, 11) is 0. The van der Waals surface area contributed by atoms with Gasteiger partial charge in [-0.15, -0.1) is 10.2 Å². The van der Waals surface area contributed by atoms with E-state index in [1.54, 1.807) is 12.5 Å². The van der Waals surface area contributed by atoms with Gasteiger partial charge in [0.15, 0.2) is 5.82 Å². The van der Waals surface area contributed by atoms with Gasteiger partial charge in [-0.3, -0.25) is 4.40 Å². The largest absolute Gasteiger partial charge is 0.353 e. The molecule has 0 amide bonds. The van der Waals surface area contributed by atoms with Crippen LogP contribution < -0.4 is 10.6 Å². The molecule has 6 heteroatoms. The molecule has 3 rings (SSSR count). The summed E-state index contributed by atoms with van der Waals surface area (Å²) in [5, 5.41) is 8.02. The first kappa shape index (κ1) is 10.5. The van der Waals surface area contributed by atoms with E-state index in [4.69, 9.17) is 5.73 Å². The van der Waals surface area contributed by atoms with Crippen LogP contribution in [0.2, 0.25) is 0 Å². The number of nitrogens with zero attached hydrogens (tertiary/aromatic N) is 5. The molecular formula is C11H16N6. The molecule has 3 heterocycles. The van der Waals surface area contributed by atoms with E-state index in [9.17, 15) is 0 Å². The van der Waals surface area contributed by atoms with Gasteiger partial charge in [0.05, 0.1) is 0 Å². The molecule has 0 saturated carbocycles. The first-order valence-corrected chi connectivity index (χ1v) is 5.90. The summed E-state index contributed by atoms with van der Waals surface area (Å²) in [6.45, 7) is 4.02. The van der Waals surface area contributed by atoms with Crippen molar-refractivity contribution in [2.24, 2.45) is 11.7 Å². The second kappa shape index (κ2) is 3.96. The maximum atomic E-state index is 5.95. The lowest BCUT2D eigenvalue weighted by molar-refractivity contribution is 0.488. The Bertz CT molecular complexity index is 519. The topological polar surface area (TPSA) is 72.3 Å². The van der Waals surface area contributed by atoms with Crippen molar-refractivity contribution in [3.05, 3.63) is 18.7 Å². The standard InChI is InChI=1S/C11H16N6/c1-8(12)9-2-4-16(6-9)10-11-15-14-7-17(11)5-3-13-10/h3,5,7-9H,2,4,6,12H2,1H3. The lowest BCUT2D eigenvalue weighted by Crippen LogP contribution is -2.30. The fourth-order valence-electron chi connectivity index (χ4n) is 2.38. The van der Waals surface area contributed by atoms with Crippen molar-refractivity contribution in [1.82, 2.24) is 19.6 Å². The molecule has 2 unspecified atom stereocenters. The third-order valence-electron chi connectivity index (χ3n) is 3.46. The fraction of sp³-hybridized carbons (Fsp3) is 0.545. The van der Waals surface area contributed by atoms with Crippen molar-refractivity contribution in [3.8, 4) is 0 Å². The monoisotopic (exact) mass is 232 g/mol. The number of hydrogen-bond donors (Lipinski definition) is 1. The Morgan fingerprint density at radius 3 is 3.18 bits per heavy atom. The molecule has 1 fully saturated rings. The summed E-state index contributed by atoms with van der Waals surface area (Å²) in [6, 6.07) is 0.234. The van der Waals surface area contributed by atoms with Crippen LogP contribution in [0.1, 0.15) is 13.3 Å². The fourth-order valence-corrected chi connectivity index (χ4v) is 2.38. The van der Waals surface area contributed by atoms with Crippen molar-refractivity contribution in [1.29, 1.82) is 0 Å². The van der Waals surface area contributed by atoms with Crippen LogP contribution in [0.4, 0.5) is 5.82 Å². The van der Waals surface area contributed by atoms with Crippen LogP contribution in [0.25, 0.3) is 5.65 Å². The van der Waals surface area contributed by atoms with Gasteiger partial charge in [-0.05, 0) is 19.3 Å². The van der Waals surface area contributed by atoms with Gasteiger partial charge in [0.25, 0.3) is 0 Å². The third kappa shape index (κ3) is 1.74. The Morgan fingerprint density at radius 2 is 2.41 bits per heavy atom. The lowest BCUT2D eigenvalue weighted by atomic mass is 10.0. The lowest BCUT2D eigenvalue weighted by Gasteiger charge is -2.18. The van der Waals surface area contributed by atoms with E-state index in [-0.39, 0.29) is 6.04 Å². The van der Waals surface area contributed by atoms with Gasteiger partial charge in [-0.25, -0.2) is 4.98 Å². The second-order valence-corrected chi connectivity index (χ2v) is 4.67. The van der Waals surface area contributed by atoms with Gasteiger partial charge >= 0.3 is 0 Å². The molecule has 0 spiro atoms. The van der Waals surface area contributed by atoms with Crippen molar-refractivity contribution >= 4 is 11.5 Å². The number of hydrogen-bond acceptors (Lipinski definition) is 5. The molecule has 6 nitrogen and oxygen atoms in total. The third-order valence-corrected chi connectivity index (χ3v) is 3.46. The molecule has 1 saturated heterocycles. The molecule has 90 valence electrons. The molecule has 0 radical (unpaired) electrons. The number of anilines is 1. The SMILES string of the molecule is CC(N)C1CCN(c2nccn3cnnc23)C1. The van der Waals surface area contributed by atoms with Crippen LogP contribution in [-0.2, 0) is 0 Å². The van der Waals surface area contributed by atoms with Crippen LogP contribution >= 0.6 is 0 Å². The predicted octanol–water partition coefficient (Wildman–Crippen LogP) is 0.298. The van der Waals surface area contributed by atoms with Crippen molar-refractivity contribution in [2.45, 2.75) is 19.4 Å². The van der Waals surface area contributed by atoms with Gasteiger partial charge in [-0.2, -0.15) is 0 Å². The van der Waals surface area contributed by atoms with Crippen molar-refractivity contribution < 1.29 is 0 Å². The summed E-state index contributed by atoms with van der Waals surface area (Å²) in [5.41, 5.74) is 6.77. The van der Waals surface area contributed by atoms with E-state index >= 15 is 0 Å². The minimum atomic E-state index is 0.234. The molecule has 2 atom stereocenters. The number of rotatable bonds is 2. The van der Waals surface area contributed by atoms with Crippen LogP contribution in [-0.4, -0.2) is 38.7 Å². The average molecular weight is 232 g/mol. The quantitative estimate of drug-likeness (QED) is 0.806. The molecule has 0 aliphatic carbocycles. The Hall–Kier alpha value is -1.69. The highest BCUT2D eigenvalue weighted by Gasteiger charge is 2.27. The van der Waals surface area contributed by atoms with E-state index in [0.29, 0.717) is 5.92 Å². The van der Waals surface area contributed by atoms with Gasteiger partial charge in [0.2, 0.25) is 5.65 Å². The van der Waals surface area contributed by atoms with Gasteiger partial charge in [-0.1, -0.05) is 0 Å². The Kier molecular flexibility index (Phi) is 2.44. The molecule has 17 heavy (non-hydrogen) atoms. The summed E-state index contributed by atoms with van der Waals surface area (Å²) in [6.07, 6.45) is 6.46. The number of aromatic nitrogens is 4. The van der Waals surface area contributed by atoms with Crippen LogP contribution in [0.15, 0.2) is 18.7 Å². The van der Waals surface area contributed by atoms with Crippen LogP contribution in [0.3, 0.4) is 0 Å². The number of nitrogens with two attached hydrogens (primary N) is 1. The van der Waals surface area contributed by atoms with Gasteiger partial charge < -0.3 is 10.6 Å².